The van der Waals surface area contributed by atoms with Crippen LogP contribution < -0.4 is 5.43 Å². The van der Waals surface area contributed by atoms with E-state index in [9.17, 15) is 9.59 Å². The molecule has 1 unspecified atom stereocenters. The number of esters is 1. The van der Waals surface area contributed by atoms with Crippen molar-refractivity contribution in [3.63, 3.8) is 0 Å². The van der Waals surface area contributed by atoms with E-state index in [0.29, 0.717) is 0 Å². The number of ether oxygens (including phenoxy) is 1. The first-order valence-corrected chi connectivity index (χ1v) is 3.76. The number of aromatic nitrogens is 1. The second-order valence-electron chi connectivity index (χ2n) is 2.76. The lowest BCUT2D eigenvalue weighted by Gasteiger charge is -2.22. The average molecular weight is 181 g/mol. The Hall–Kier alpha value is -1.62. The number of fused-ring (bicyclic) bond motifs is 1. The Kier molecular flexibility index (Phi) is 1.66. The lowest BCUT2D eigenvalue weighted by atomic mass is 10.3. The van der Waals surface area contributed by atoms with E-state index in [4.69, 9.17) is 5.11 Å². The van der Waals surface area contributed by atoms with Crippen molar-refractivity contribution in [2.24, 2.45) is 0 Å². The van der Waals surface area contributed by atoms with Crippen molar-refractivity contribution in [3.05, 3.63) is 34.2 Å². The van der Waals surface area contributed by atoms with Crippen molar-refractivity contribution in [3.8, 4) is 0 Å². The zero-order valence-electron chi connectivity index (χ0n) is 6.64. The van der Waals surface area contributed by atoms with Gasteiger partial charge in [0, 0.05) is 18.3 Å². The molecular formula is C8H7NO4. The molecule has 2 rings (SSSR count). The molecule has 13 heavy (non-hydrogen) atoms. The van der Waals surface area contributed by atoms with E-state index < -0.39 is 12.3 Å². The van der Waals surface area contributed by atoms with Gasteiger partial charge in [0.15, 0.2) is 5.43 Å². The van der Waals surface area contributed by atoms with Crippen molar-refractivity contribution < 1.29 is 14.6 Å². The summed E-state index contributed by atoms with van der Waals surface area (Å²) in [7, 11) is 0. The van der Waals surface area contributed by atoms with E-state index in [2.05, 4.69) is 4.74 Å². The van der Waals surface area contributed by atoms with Gasteiger partial charge in [-0.25, -0.2) is 4.79 Å². The number of hydrogen-bond donors (Lipinski definition) is 1. The molecule has 1 aromatic rings. The van der Waals surface area contributed by atoms with Crippen LogP contribution >= 0.6 is 0 Å². The monoisotopic (exact) mass is 181 g/mol. The Morgan fingerprint density at radius 1 is 1.54 bits per heavy atom. The summed E-state index contributed by atoms with van der Waals surface area (Å²) < 4.78 is 6.01. The fourth-order valence-corrected chi connectivity index (χ4v) is 1.23. The van der Waals surface area contributed by atoms with Gasteiger partial charge in [-0.2, -0.15) is 0 Å². The van der Waals surface area contributed by atoms with Crippen LogP contribution in [0.1, 0.15) is 10.5 Å². The quantitative estimate of drug-likeness (QED) is 0.539. The third kappa shape index (κ3) is 1.33. The number of aliphatic hydroxyl groups is 1. The maximum Gasteiger partial charge on any atom is 0.357 e. The molecule has 5 heteroatoms. The van der Waals surface area contributed by atoms with Crippen LogP contribution in [-0.2, 0) is 11.3 Å². The summed E-state index contributed by atoms with van der Waals surface area (Å²) in [5.74, 6) is -0.670. The minimum absolute atomic E-state index is 0.168. The molecule has 0 spiro atoms. The molecule has 1 aromatic heterocycles. The highest BCUT2D eigenvalue weighted by Crippen LogP contribution is 2.09. The molecule has 0 bridgehead atoms. The highest BCUT2D eigenvalue weighted by atomic mass is 16.6. The smallest absolute Gasteiger partial charge is 0.357 e. The Morgan fingerprint density at radius 3 is 3.08 bits per heavy atom. The first-order chi connectivity index (χ1) is 6.16. The van der Waals surface area contributed by atoms with Gasteiger partial charge in [0.1, 0.15) is 5.69 Å². The van der Waals surface area contributed by atoms with E-state index >= 15 is 0 Å². The molecule has 0 saturated carbocycles. The lowest BCUT2D eigenvalue weighted by Crippen LogP contribution is -2.33. The van der Waals surface area contributed by atoms with Crippen LogP contribution in [0.2, 0.25) is 0 Å². The standard InChI is InChI=1S/C8H7NO4/c10-5-1-2-9-4-7(11)13-8(12)6(9)3-5/h1-3,7,11H,4H2. The molecule has 2 heterocycles. The number of carbonyl (C=O) groups is 1. The molecule has 1 atom stereocenters. The molecule has 0 fully saturated rings. The fraction of sp³-hybridized carbons (Fsp3) is 0.250. The molecule has 0 saturated heterocycles. The summed E-state index contributed by atoms with van der Waals surface area (Å²) in [5.41, 5.74) is -0.0719. The number of hydrogen-bond acceptors (Lipinski definition) is 4. The van der Waals surface area contributed by atoms with Crippen LogP contribution in [-0.4, -0.2) is 21.9 Å². The van der Waals surface area contributed by atoms with Crippen molar-refractivity contribution in [2.45, 2.75) is 12.8 Å². The van der Waals surface area contributed by atoms with Crippen molar-refractivity contribution in [1.29, 1.82) is 0 Å². The predicted octanol–water partition coefficient (Wildman–Crippen LogP) is -0.663. The van der Waals surface area contributed by atoms with Gasteiger partial charge in [-0.1, -0.05) is 0 Å². The maximum atomic E-state index is 11.1. The van der Waals surface area contributed by atoms with Crippen LogP contribution in [0.5, 0.6) is 0 Å². The number of rotatable bonds is 0. The molecule has 1 aliphatic rings. The zero-order chi connectivity index (χ0) is 9.42. The second kappa shape index (κ2) is 2.70. The van der Waals surface area contributed by atoms with Gasteiger partial charge in [-0.3, -0.25) is 4.79 Å². The molecular weight excluding hydrogens is 174 g/mol. The third-order valence-electron chi connectivity index (χ3n) is 1.81. The van der Waals surface area contributed by atoms with E-state index in [-0.39, 0.29) is 17.7 Å². The summed E-state index contributed by atoms with van der Waals surface area (Å²) >= 11 is 0. The minimum Gasteiger partial charge on any atom is -0.429 e. The van der Waals surface area contributed by atoms with Gasteiger partial charge in [0.2, 0.25) is 6.29 Å². The van der Waals surface area contributed by atoms with E-state index in [0.717, 1.165) is 0 Å². The molecule has 1 aliphatic heterocycles. The van der Waals surface area contributed by atoms with Gasteiger partial charge in [-0.15, -0.1) is 0 Å². The van der Waals surface area contributed by atoms with Gasteiger partial charge in [0.25, 0.3) is 0 Å². The Bertz CT molecular complexity index is 409. The lowest BCUT2D eigenvalue weighted by molar-refractivity contribution is -0.0834. The summed E-state index contributed by atoms with van der Waals surface area (Å²) in [5, 5.41) is 9.05. The van der Waals surface area contributed by atoms with Gasteiger partial charge in [-0.05, 0) is 0 Å². The number of pyridine rings is 1. The molecule has 68 valence electrons. The van der Waals surface area contributed by atoms with E-state index in [1.807, 2.05) is 0 Å². The summed E-state index contributed by atoms with van der Waals surface area (Å²) in [6.07, 6.45) is 0.337. The predicted molar refractivity (Wildman–Crippen MR) is 42.1 cm³/mol. The molecule has 1 N–H and O–H groups in total. The molecule has 0 radical (unpaired) electrons. The highest BCUT2D eigenvalue weighted by molar-refractivity contribution is 5.88. The fourth-order valence-electron chi connectivity index (χ4n) is 1.23. The number of carbonyl (C=O) groups excluding carboxylic acids is 1. The SMILES string of the molecule is O=C1OC(O)Cn2ccc(=O)cc21. The van der Waals surface area contributed by atoms with Gasteiger partial charge < -0.3 is 14.4 Å². The summed E-state index contributed by atoms with van der Waals surface area (Å²) in [4.78, 5) is 22.0. The van der Waals surface area contributed by atoms with Gasteiger partial charge >= 0.3 is 5.97 Å². The second-order valence-corrected chi connectivity index (χ2v) is 2.76. The topological polar surface area (TPSA) is 68.5 Å². The van der Waals surface area contributed by atoms with Crippen LogP contribution in [0.3, 0.4) is 0 Å². The Morgan fingerprint density at radius 2 is 2.31 bits per heavy atom. The molecule has 0 aliphatic carbocycles. The van der Waals surface area contributed by atoms with E-state index in [1.165, 1.54) is 22.9 Å². The van der Waals surface area contributed by atoms with Crippen molar-refractivity contribution in [2.75, 3.05) is 0 Å². The summed E-state index contributed by atoms with van der Waals surface area (Å²) in [6.45, 7) is 0.168. The Balaban J connectivity index is 2.56. The Labute approximate surface area is 73.2 Å². The number of cyclic esters (lactones) is 1. The van der Waals surface area contributed by atoms with Crippen LogP contribution in [0.25, 0.3) is 0 Å². The zero-order valence-corrected chi connectivity index (χ0v) is 6.64. The largest absolute Gasteiger partial charge is 0.429 e. The van der Waals surface area contributed by atoms with Crippen LogP contribution in [0.15, 0.2) is 23.1 Å². The third-order valence-corrected chi connectivity index (χ3v) is 1.81. The van der Waals surface area contributed by atoms with Crippen molar-refractivity contribution in [1.82, 2.24) is 4.57 Å². The van der Waals surface area contributed by atoms with Crippen LogP contribution in [0.4, 0.5) is 0 Å². The number of aliphatic hydroxyl groups excluding tert-OH is 1. The summed E-state index contributed by atoms with van der Waals surface area (Å²) in [6, 6.07) is 2.52. The maximum absolute atomic E-state index is 11.1. The molecule has 0 aromatic carbocycles. The van der Waals surface area contributed by atoms with E-state index in [1.54, 1.807) is 0 Å². The first kappa shape index (κ1) is 8.00. The first-order valence-electron chi connectivity index (χ1n) is 3.76. The number of nitrogens with zero attached hydrogens (tertiary/aromatic N) is 1. The van der Waals surface area contributed by atoms with Crippen LogP contribution in [0, 0.1) is 0 Å². The highest BCUT2D eigenvalue weighted by Gasteiger charge is 2.23. The van der Waals surface area contributed by atoms with Crippen molar-refractivity contribution >= 4 is 5.97 Å². The molecule has 5 nitrogen and oxygen atoms in total. The molecule has 0 amide bonds. The average Bonchev–Trinajstić information content (AvgIpc) is 2.06. The van der Waals surface area contributed by atoms with Gasteiger partial charge in [0.05, 0.1) is 6.54 Å². The normalized spacial score (nSPS) is 20.7. The minimum atomic E-state index is -1.12.